The molecule has 0 spiro atoms. The van der Waals surface area contributed by atoms with Crippen molar-refractivity contribution in [3.8, 4) is 5.75 Å². The number of amides is 1. The van der Waals surface area contributed by atoms with E-state index in [1.165, 1.54) is 22.1 Å². The highest BCUT2D eigenvalue weighted by atomic mass is 16.5. The third-order valence-electron chi connectivity index (χ3n) is 6.08. The molecule has 0 aliphatic carbocycles. The van der Waals surface area contributed by atoms with Gasteiger partial charge >= 0.3 is 0 Å². The van der Waals surface area contributed by atoms with Crippen LogP contribution in [0.2, 0.25) is 0 Å². The SMILES string of the molecule is Cc1cc(N2CCN(C(=O)COc3cccc(C(C)C)c3)CC2)nc2c(C)cccc12. The zero-order valence-corrected chi connectivity index (χ0v) is 18.9. The summed E-state index contributed by atoms with van der Waals surface area (Å²) in [6.45, 7) is 11.5. The van der Waals surface area contributed by atoms with Crippen molar-refractivity contribution in [3.05, 3.63) is 65.2 Å². The maximum Gasteiger partial charge on any atom is 0.260 e. The third-order valence-corrected chi connectivity index (χ3v) is 6.08. The van der Waals surface area contributed by atoms with E-state index < -0.39 is 0 Å². The van der Waals surface area contributed by atoms with Crippen LogP contribution in [0.25, 0.3) is 10.9 Å². The maximum absolute atomic E-state index is 12.7. The Balaban J connectivity index is 1.36. The van der Waals surface area contributed by atoms with E-state index >= 15 is 0 Å². The number of piperazine rings is 1. The summed E-state index contributed by atoms with van der Waals surface area (Å²) in [5.41, 5.74) is 4.70. The molecule has 5 heteroatoms. The van der Waals surface area contributed by atoms with Gasteiger partial charge in [0.1, 0.15) is 11.6 Å². The monoisotopic (exact) mass is 417 g/mol. The van der Waals surface area contributed by atoms with E-state index in [1.54, 1.807) is 0 Å². The molecule has 5 nitrogen and oxygen atoms in total. The number of hydrogen-bond donors (Lipinski definition) is 0. The fourth-order valence-electron chi connectivity index (χ4n) is 4.09. The average Bonchev–Trinajstić information content (AvgIpc) is 2.78. The molecule has 31 heavy (non-hydrogen) atoms. The summed E-state index contributed by atoms with van der Waals surface area (Å²) in [6.07, 6.45) is 0. The molecule has 4 rings (SSSR count). The first-order valence-electron chi connectivity index (χ1n) is 11.0. The number of carbonyl (C=O) groups is 1. The number of fused-ring (bicyclic) bond motifs is 1. The molecule has 2 aromatic carbocycles. The number of nitrogens with zero attached hydrogens (tertiary/aromatic N) is 3. The molecule has 1 fully saturated rings. The van der Waals surface area contributed by atoms with Crippen LogP contribution in [0.5, 0.6) is 5.75 Å². The average molecular weight is 418 g/mol. The zero-order valence-electron chi connectivity index (χ0n) is 18.9. The van der Waals surface area contributed by atoms with E-state index in [0.29, 0.717) is 19.0 Å². The van der Waals surface area contributed by atoms with Crippen molar-refractivity contribution in [1.29, 1.82) is 0 Å². The van der Waals surface area contributed by atoms with Crippen molar-refractivity contribution in [1.82, 2.24) is 9.88 Å². The molecule has 0 unspecified atom stereocenters. The Bertz CT molecular complexity index is 1090. The zero-order chi connectivity index (χ0) is 22.0. The number of aryl methyl sites for hydroxylation is 2. The largest absolute Gasteiger partial charge is 0.484 e. The van der Waals surface area contributed by atoms with Gasteiger partial charge in [-0.05, 0) is 54.7 Å². The molecule has 0 bridgehead atoms. The quantitative estimate of drug-likeness (QED) is 0.604. The van der Waals surface area contributed by atoms with E-state index in [2.05, 4.69) is 62.9 Å². The summed E-state index contributed by atoms with van der Waals surface area (Å²) in [7, 11) is 0. The number of anilines is 1. The minimum Gasteiger partial charge on any atom is -0.484 e. The van der Waals surface area contributed by atoms with Gasteiger partial charge in [0.15, 0.2) is 6.61 Å². The van der Waals surface area contributed by atoms with Crippen molar-refractivity contribution < 1.29 is 9.53 Å². The third kappa shape index (κ3) is 4.66. The number of hydrogen-bond acceptors (Lipinski definition) is 4. The second kappa shape index (κ2) is 8.96. The number of rotatable bonds is 5. The number of ether oxygens (including phenoxy) is 1. The van der Waals surface area contributed by atoms with Gasteiger partial charge < -0.3 is 14.5 Å². The molecular formula is C26H31N3O2. The lowest BCUT2D eigenvalue weighted by Gasteiger charge is -2.35. The number of pyridine rings is 1. The fraction of sp³-hybridized carbons (Fsp3) is 0.385. The lowest BCUT2D eigenvalue weighted by molar-refractivity contribution is -0.133. The highest BCUT2D eigenvalue weighted by Crippen LogP contribution is 2.25. The minimum atomic E-state index is 0.0353. The predicted molar refractivity (Wildman–Crippen MR) is 126 cm³/mol. The second-order valence-electron chi connectivity index (χ2n) is 8.65. The van der Waals surface area contributed by atoms with Crippen molar-refractivity contribution >= 4 is 22.6 Å². The Morgan fingerprint density at radius 2 is 1.74 bits per heavy atom. The highest BCUT2D eigenvalue weighted by Gasteiger charge is 2.23. The summed E-state index contributed by atoms with van der Waals surface area (Å²) in [4.78, 5) is 21.8. The Morgan fingerprint density at radius 3 is 2.48 bits per heavy atom. The number of aromatic nitrogens is 1. The number of benzene rings is 2. The Morgan fingerprint density at radius 1 is 1.00 bits per heavy atom. The Labute approximate surface area is 184 Å². The second-order valence-corrected chi connectivity index (χ2v) is 8.65. The van der Waals surface area contributed by atoms with Gasteiger partial charge in [-0.1, -0.05) is 44.2 Å². The van der Waals surface area contributed by atoms with Gasteiger partial charge in [0.25, 0.3) is 5.91 Å². The standard InChI is InChI=1S/C26H31N3O2/c1-18(2)21-8-6-9-22(16-21)31-17-25(30)29-13-11-28(12-14-29)24-15-20(4)23-10-5-7-19(3)26(23)27-24/h5-10,15-16,18H,11-14,17H2,1-4H3. The Hall–Kier alpha value is -3.08. The fourth-order valence-corrected chi connectivity index (χ4v) is 4.09. The highest BCUT2D eigenvalue weighted by molar-refractivity contribution is 5.86. The van der Waals surface area contributed by atoms with Crippen LogP contribution in [0.15, 0.2) is 48.5 Å². The first-order chi connectivity index (χ1) is 14.9. The van der Waals surface area contributed by atoms with Crippen molar-refractivity contribution in [2.24, 2.45) is 0 Å². The van der Waals surface area contributed by atoms with Gasteiger partial charge in [-0.2, -0.15) is 0 Å². The Kier molecular flexibility index (Phi) is 6.12. The van der Waals surface area contributed by atoms with Crippen LogP contribution in [-0.2, 0) is 4.79 Å². The van der Waals surface area contributed by atoms with Crippen LogP contribution in [-0.4, -0.2) is 48.6 Å². The molecule has 0 atom stereocenters. The molecule has 1 amide bonds. The molecule has 1 saturated heterocycles. The van der Waals surface area contributed by atoms with E-state index in [0.717, 1.165) is 30.2 Å². The summed E-state index contributed by atoms with van der Waals surface area (Å²) in [5, 5.41) is 1.20. The van der Waals surface area contributed by atoms with Crippen LogP contribution in [0.4, 0.5) is 5.82 Å². The summed E-state index contributed by atoms with van der Waals surface area (Å²) < 4.78 is 5.78. The minimum absolute atomic E-state index is 0.0353. The molecule has 0 saturated carbocycles. The van der Waals surface area contributed by atoms with Gasteiger partial charge in [0.2, 0.25) is 0 Å². The molecule has 3 aromatic rings. The van der Waals surface area contributed by atoms with Crippen molar-refractivity contribution in [2.75, 3.05) is 37.7 Å². The first-order valence-corrected chi connectivity index (χ1v) is 11.0. The van der Waals surface area contributed by atoms with Gasteiger partial charge in [-0.25, -0.2) is 4.98 Å². The van der Waals surface area contributed by atoms with E-state index in [-0.39, 0.29) is 12.5 Å². The molecule has 0 radical (unpaired) electrons. The van der Waals surface area contributed by atoms with Crippen LogP contribution in [0.1, 0.15) is 36.5 Å². The summed E-state index contributed by atoms with van der Waals surface area (Å²) >= 11 is 0. The summed E-state index contributed by atoms with van der Waals surface area (Å²) in [6, 6.07) is 16.5. The molecule has 1 aromatic heterocycles. The normalized spacial score (nSPS) is 14.4. The number of carbonyl (C=O) groups excluding carboxylic acids is 1. The van der Waals surface area contributed by atoms with Gasteiger partial charge in [-0.3, -0.25) is 4.79 Å². The van der Waals surface area contributed by atoms with Crippen LogP contribution in [0.3, 0.4) is 0 Å². The molecule has 1 aliphatic rings. The van der Waals surface area contributed by atoms with Crippen LogP contribution >= 0.6 is 0 Å². The topological polar surface area (TPSA) is 45.7 Å². The maximum atomic E-state index is 12.7. The molecule has 162 valence electrons. The van der Waals surface area contributed by atoms with Crippen LogP contribution in [0, 0.1) is 13.8 Å². The lowest BCUT2D eigenvalue weighted by Crippen LogP contribution is -2.50. The van der Waals surface area contributed by atoms with Crippen molar-refractivity contribution in [2.45, 2.75) is 33.6 Å². The molecular weight excluding hydrogens is 386 g/mol. The van der Waals surface area contributed by atoms with Gasteiger partial charge in [0, 0.05) is 31.6 Å². The van der Waals surface area contributed by atoms with Gasteiger partial charge in [0.05, 0.1) is 5.52 Å². The number of para-hydroxylation sites is 1. The van der Waals surface area contributed by atoms with E-state index in [1.807, 2.05) is 23.1 Å². The molecule has 2 heterocycles. The lowest BCUT2D eigenvalue weighted by atomic mass is 10.0. The molecule has 1 aliphatic heterocycles. The van der Waals surface area contributed by atoms with E-state index in [4.69, 9.17) is 9.72 Å². The van der Waals surface area contributed by atoms with Crippen molar-refractivity contribution in [3.63, 3.8) is 0 Å². The smallest absolute Gasteiger partial charge is 0.260 e. The van der Waals surface area contributed by atoms with Crippen LogP contribution < -0.4 is 9.64 Å². The summed E-state index contributed by atoms with van der Waals surface area (Å²) in [5.74, 6) is 2.22. The first kappa shape index (κ1) is 21.2. The van der Waals surface area contributed by atoms with E-state index in [9.17, 15) is 4.79 Å². The molecule has 0 N–H and O–H groups in total. The van der Waals surface area contributed by atoms with Gasteiger partial charge in [-0.15, -0.1) is 0 Å². The predicted octanol–water partition coefficient (Wildman–Crippen LogP) is 4.70.